The lowest BCUT2D eigenvalue weighted by Gasteiger charge is -2.05. The highest BCUT2D eigenvalue weighted by atomic mass is 32.2. The second-order valence-corrected chi connectivity index (χ2v) is 6.15. The van der Waals surface area contributed by atoms with Gasteiger partial charge in [-0.2, -0.15) is 0 Å². The number of carbonyl (C=O) groups is 3. The summed E-state index contributed by atoms with van der Waals surface area (Å²) in [4.78, 5) is 35.7. The van der Waals surface area contributed by atoms with Crippen molar-refractivity contribution in [2.24, 2.45) is 0 Å². The second-order valence-electron chi connectivity index (χ2n) is 4.10. The largest absolute Gasteiger partial charge is 0.465 e. The van der Waals surface area contributed by atoms with E-state index in [2.05, 4.69) is 16.6 Å². The van der Waals surface area contributed by atoms with Crippen LogP contribution in [0.4, 0.5) is 5.00 Å². The minimum Gasteiger partial charge on any atom is -0.465 e. The van der Waals surface area contributed by atoms with Crippen LogP contribution < -0.4 is 5.32 Å². The monoisotopic (exact) mass is 343 g/mol. The van der Waals surface area contributed by atoms with Gasteiger partial charge in [-0.15, -0.1) is 29.7 Å². The fourth-order valence-corrected chi connectivity index (χ4v) is 3.31. The van der Waals surface area contributed by atoms with E-state index in [0.29, 0.717) is 11.3 Å². The van der Waals surface area contributed by atoms with Gasteiger partial charge in [-0.1, -0.05) is 6.08 Å². The van der Waals surface area contributed by atoms with Gasteiger partial charge < -0.3 is 14.8 Å². The van der Waals surface area contributed by atoms with E-state index in [0.717, 1.165) is 11.3 Å². The summed E-state index contributed by atoms with van der Waals surface area (Å²) in [5, 5.41) is 2.93. The zero-order valence-corrected chi connectivity index (χ0v) is 14.2. The average Bonchev–Trinajstić information content (AvgIpc) is 2.82. The third-order valence-electron chi connectivity index (χ3n) is 2.63. The molecule has 1 aromatic heterocycles. The van der Waals surface area contributed by atoms with Gasteiger partial charge in [0, 0.05) is 5.75 Å². The molecular weight excluding hydrogens is 326 g/mol. The number of thiophene rings is 1. The zero-order chi connectivity index (χ0) is 16.7. The number of thioether (sulfide) groups is 1. The van der Waals surface area contributed by atoms with Crippen LogP contribution in [0.25, 0.3) is 0 Å². The molecule has 0 unspecified atom stereocenters. The Morgan fingerprint density at radius 1 is 1.27 bits per heavy atom. The number of esters is 2. The molecule has 0 atom stereocenters. The van der Waals surface area contributed by atoms with Crippen LogP contribution in [0.5, 0.6) is 0 Å². The molecule has 0 spiro atoms. The highest BCUT2D eigenvalue weighted by Gasteiger charge is 2.26. The number of nitrogens with one attached hydrogen (secondary N) is 1. The molecule has 6 nitrogen and oxygen atoms in total. The minimum absolute atomic E-state index is 0.176. The maximum atomic E-state index is 11.9. The van der Waals surface area contributed by atoms with Gasteiger partial charge in [0.1, 0.15) is 9.88 Å². The molecule has 1 amide bonds. The van der Waals surface area contributed by atoms with E-state index in [1.54, 1.807) is 13.0 Å². The zero-order valence-electron chi connectivity index (χ0n) is 12.6. The predicted octanol–water partition coefficient (Wildman–Crippen LogP) is 2.49. The highest BCUT2D eigenvalue weighted by Crippen LogP contribution is 2.34. The van der Waals surface area contributed by atoms with Crippen LogP contribution >= 0.6 is 23.1 Å². The van der Waals surface area contributed by atoms with Crippen LogP contribution in [0.1, 0.15) is 25.6 Å². The van der Waals surface area contributed by atoms with Gasteiger partial charge in [-0.25, -0.2) is 9.59 Å². The Bertz CT molecular complexity index is 594. The summed E-state index contributed by atoms with van der Waals surface area (Å²) < 4.78 is 9.39. The predicted molar refractivity (Wildman–Crippen MR) is 87.9 cm³/mol. The molecule has 1 heterocycles. The number of rotatable bonds is 7. The maximum Gasteiger partial charge on any atom is 0.348 e. The van der Waals surface area contributed by atoms with Crippen molar-refractivity contribution >= 4 is 45.9 Å². The standard InChI is InChI=1S/C14H17NO5S2/c1-5-6-21-7-9(16)15-12-10(13(17)19-3)8(2)11(22-12)14(18)20-4/h5H,1,6-7H2,2-4H3,(H,15,16). The summed E-state index contributed by atoms with van der Waals surface area (Å²) in [6.45, 7) is 5.18. The van der Waals surface area contributed by atoms with Crippen LogP contribution in [-0.2, 0) is 14.3 Å². The van der Waals surface area contributed by atoms with Crippen LogP contribution in [-0.4, -0.2) is 43.6 Å². The van der Waals surface area contributed by atoms with Crippen molar-refractivity contribution in [1.82, 2.24) is 0 Å². The fourth-order valence-electron chi connectivity index (χ4n) is 1.63. The first-order chi connectivity index (χ1) is 10.5. The van der Waals surface area contributed by atoms with Crippen LogP contribution in [0, 0.1) is 6.92 Å². The Morgan fingerprint density at radius 3 is 2.45 bits per heavy atom. The first-order valence-electron chi connectivity index (χ1n) is 6.24. The van der Waals surface area contributed by atoms with Crippen molar-refractivity contribution in [2.45, 2.75) is 6.92 Å². The SMILES string of the molecule is C=CCSCC(=O)Nc1sc(C(=O)OC)c(C)c1C(=O)OC. The average molecular weight is 343 g/mol. The summed E-state index contributed by atoms with van der Waals surface area (Å²) in [6.07, 6.45) is 1.70. The lowest BCUT2D eigenvalue weighted by atomic mass is 10.1. The molecule has 0 fully saturated rings. The van der Waals surface area contributed by atoms with Crippen molar-refractivity contribution in [1.29, 1.82) is 0 Å². The van der Waals surface area contributed by atoms with Gasteiger partial charge >= 0.3 is 11.9 Å². The molecule has 0 aromatic carbocycles. The first-order valence-corrected chi connectivity index (χ1v) is 8.21. The Labute approximate surface area is 136 Å². The van der Waals surface area contributed by atoms with Crippen LogP contribution in [0.3, 0.4) is 0 Å². The molecule has 0 saturated carbocycles. The van der Waals surface area contributed by atoms with Gasteiger partial charge in [-0.3, -0.25) is 4.79 Å². The number of hydrogen-bond acceptors (Lipinski definition) is 7. The topological polar surface area (TPSA) is 81.7 Å². The first kappa shape index (κ1) is 18.2. The summed E-state index contributed by atoms with van der Waals surface area (Å²) >= 11 is 2.38. The minimum atomic E-state index is -0.613. The number of ether oxygens (including phenoxy) is 2. The molecule has 1 N–H and O–H groups in total. The van der Waals surface area contributed by atoms with Crippen molar-refractivity contribution in [3.05, 3.63) is 28.7 Å². The molecule has 0 saturated heterocycles. The lowest BCUT2D eigenvalue weighted by molar-refractivity contribution is -0.113. The molecule has 1 rings (SSSR count). The normalized spacial score (nSPS) is 9.95. The molecule has 0 aliphatic carbocycles. The van der Waals surface area contributed by atoms with Crippen LogP contribution in [0.15, 0.2) is 12.7 Å². The highest BCUT2D eigenvalue weighted by molar-refractivity contribution is 8.00. The molecule has 22 heavy (non-hydrogen) atoms. The van der Waals surface area contributed by atoms with Crippen molar-refractivity contribution in [3.8, 4) is 0 Å². The second kappa shape index (κ2) is 8.60. The van der Waals surface area contributed by atoms with E-state index in [4.69, 9.17) is 4.74 Å². The number of hydrogen-bond donors (Lipinski definition) is 1. The van der Waals surface area contributed by atoms with E-state index in [9.17, 15) is 14.4 Å². The quantitative estimate of drug-likeness (QED) is 0.465. The molecule has 8 heteroatoms. The third kappa shape index (κ3) is 4.35. The smallest absolute Gasteiger partial charge is 0.348 e. The molecule has 0 radical (unpaired) electrons. The van der Waals surface area contributed by atoms with Crippen molar-refractivity contribution in [3.63, 3.8) is 0 Å². The van der Waals surface area contributed by atoms with Crippen LogP contribution in [0.2, 0.25) is 0 Å². The molecule has 120 valence electrons. The van der Waals surface area contributed by atoms with Gasteiger partial charge in [0.2, 0.25) is 5.91 Å². The number of anilines is 1. The van der Waals surface area contributed by atoms with E-state index in [1.807, 2.05) is 0 Å². The lowest BCUT2D eigenvalue weighted by Crippen LogP contribution is -2.16. The Balaban J connectivity index is 3.06. The van der Waals surface area contributed by atoms with Crippen molar-refractivity contribution < 1.29 is 23.9 Å². The number of amides is 1. The van der Waals surface area contributed by atoms with Gasteiger partial charge in [-0.05, 0) is 12.5 Å². The van der Waals surface area contributed by atoms with E-state index < -0.39 is 11.9 Å². The molecule has 0 aliphatic rings. The molecular formula is C14H17NO5S2. The molecule has 0 aliphatic heterocycles. The van der Waals surface area contributed by atoms with Gasteiger partial charge in [0.15, 0.2) is 0 Å². The van der Waals surface area contributed by atoms with E-state index >= 15 is 0 Å². The summed E-state index contributed by atoms with van der Waals surface area (Å²) in [6, 6.07) is 0. The third-order valence-corrected chi connectivity index (χ3v) is 4.75. The Hall–Kier alpha value is -1.80. The summed E-state index contributed by atoms with van der Waals surface area (Å²) in [5.41, 5.74) is 0.604. The Morgan fingerprint density at radius 2 is 1.91 bits per heavy atom. The Kier molecular flexibility index (Phi) is 7.13. The number of carbonyl (C=O) groups excluding carboxylic acids is 3. The molecule has 1 aromatic rings. The van der Waals surface area contributed by atoms with Gasteiger partial charge in [0.05, 0.1) is 25.5 Å². The summed E-state index contributed by atoms with van der Waals surface area (Å²) in [5.74, 6) is -0.576. The van der Waals surface area contributed by atoms with Crippen molar-refractivity contribution in [2.75, 3.05) is 31.0 Å². The summed E-state index contributed by atoms with van der Waals surface area (Å²) in [7, 11) is 2.49. The van der Waals surface area contributed by atoms with E-state index in [-0.39, 0.29) is 27.1 Å². The number of methoxy groups -OCH3 is 2. The van der Waals surface area contributed by atoms with Gasteiger partial charge in [0.25, 0.3) is 0 Å². The maximum absolute atomic E-state index is 11.9. The fraction of sp³-hybridized carbons (Fsp3) is 0.357. The molecule has 0 bridgehead atoms. The van der Waals surface area contributed by atoms with E-state index in [1.165, 1.54) is 26.0 Å².